The van der Waals surface area contributed by atoms with Crippen LogP contribution in [-0.4, -0.2) is 36.8 Å². The second kappa shape index (κ2) is 5.99. The third-order valence-corrected chi connectivity index (χ3v) is 3.33. The summed E-state index contributed by atoms with van der Waals surface area (Å²) in [5.74, 6) is 1.25. The molecule has 1 fully saturated rings. The molecule has 1 aliphatic heterocycles. The summed E-state index contributed by atoms with van der Waals surface area (Å²) in [6.45, 7) is 6.51. The molecule has 1 rings (SSSR count). The number of thioether (sulfide) groups is 1. The molecule has 0 spiro atoms. The van der Waals surface area contributed by atoms with Gasteiger partial charge in [0.25, 0.3) is 0 Å². The highest BCUT2D eigenvalue weighted by Crippen LogP contribution is 2.28. The molecule has 1 unspecified atom stereocenters. The summed E-state index contributed by atoms with van der Waals surface area (Å²) in [4.78, 5) is 0. The van der Waals surface area contributed by atoms with Crippen LogP contribution >= 0.6 is 11.8 Å². The van der Waals surface area contributed by atoms with Gasteiger partial charge in [0.1, 0.15) is 0 Å². The van der Waals surface area contributed by atoms with Gasteiger partial charge < -0.3 is 10.1 Å². The van der Waals surface area contributed by atoms with Crippen LogP contribution in [0, 0.1) is 0 Å². The molecule has 0 aromatic carbocycles. The minimum atomic E-state index is 0.117. The molecule has 0 radical (unpaired) electrons. The Morgan fingerprint density at radius 3 is 2.86 bits per heavy atom. The average molecular weight is 217 g/mol. The molecular formula is C11H23NOS. The van der Waals surface area contributed by atoms with Gasteiger partial charge in [-0.1, -0.05) is 0 Å². The van der Waals surface area contributed by atoms with Crippen LogP contribution in [0.1, 0.15) is 33.1 Å². The summed E-state index contributed by atoms with van der Waals surface area (Å²) >= 11 is 1.91. The van der Waals surface area contributed by atoms with E-state index in [9.17, 15) is 0 Å². The Balaban J connectivity index is 1.98. The molecular weight excluding hydrogens is 194 g/mol. The minimum absolute atomic E-state index is 0.117. The molecule has 1 N–H and O–H groups in total. The molecule has 0 aromatic rings. The maximum Gasteiger partial charge on any atom is 0.0707 e. The molecule has 1 atom stereocenters. The van der Waals surface area contributed by atoms with Crippen LogP contribution in [-0.2, 0) is 4.74 Å². The lowest BCUT2D eigenvalue weighted by atomic mass is 10.1. The maximum absolute atomic E-state index is 5.89. The highest BCUT2D eigenvalue weighted by atomic mass is 32.2. The van der Waals surface area contributed by atoms with Gasteiger partial charge in [-0.05, 0) is 51.7 Å². The molecule has 1 saturated heterocycles. The molecule has 14 heavy (non-hydrogen) atoms. The van der Waals surface area contributed by atoms with Gasteiger partial charge >= 0.3 is 0 Å². The van der Waals surface area contributed by atoms with Crippen molar-refractivity contribution < 1.29 is 4.74 Å². The van der Waals surface area contributed by atoms with Crippen LogP contribution in [0.3, 0.4) is 0 Å². The van der Waals surface area contributed by atoms with E-state index in [2.05, 4.69) is 25.4 Å². The zero-order valence-electron chi connectivity index (χ0n) is 9.64. The Hall–Kier alpha value is 0.270. The van der Waals surface area contributed by atoms with Crippen LogP contribution < -0.4 is 5.32 Å². The van der Waals surface area contributed by atoms with Crippen molar-refractivity contribution in [2.75, 3.05) is 25.1 Å². The van der Waals surface area contributed by atoms with Crippen LogP contribution in [0.5, 0.6) is 0 Å². The van der Waals surface area contributed by atoms with Gasteiger partial charge in [0.15, 0.2) is 0 Å². The summed E-state index contributed by atoms with van der Waals surface area (Å²) in [7, 11) is 0. The molecule has 0 saturated carbocycles. The van der Waals surface area contributed by atoms with E-state index in [0.29, 0.717) is 6.10 Å². The quantitative estimate of drug-likeness (QED) is 0.690. The van der Waals surface area contributed by atoms with Crippen molar-refractivity contribution in [2.45, 2.75) is 44.8 Å². The van der Waals surface area contributed by atoms with Gasteiger partial charge in [-0.15, -0.1) is 0 Å². The van der Waals surface area contributed by atoms with E-state index in [-0.39, 0.29) is 5.60 Å². The largest absolute Gasteiger partial charge is 0.371 e. The number of hydrogen-bond donors (Lipinski definition) is 1. The number of rotatable bonds is 6. The van der Waals surface area contributed by atoms with E-state index in [4.69, 9.17) is 4.74 Å². The molecule has 1 heterocycles. The van der Waals surface area contributed by atoms with Gasteiger partial charge in [-0.2, -0.15) is 11.8 Å². The number of hydrogen-bond acceptors (Lipinski definition) is 3. The molecule has 0 amide bonds. The van der Waals surface area contributed by atoms with Gasteiger partial charge in [-0.3, -0.25) is 0 Å². The van der Waals surface area contributed by atoms with Gasteiger partial charge in [0.05, 0.1) is 11.7 Å². The lowest BCUT2D eigenvalue weighted by Crippen LogP contribution is -2.30. The lowest BCUT2D eigenvalue weighted by molar-refractivity contribution is -0.0140. The first-order valence-corrected chi connectivity index (χ1v) is 6.91. The smallest absolute Gasteiger partial charge is 0.0707 e. The van der Waals surface area contributed by atoms with Crippen LogP contribution in [0.4, 0.5) is 0 Å². The minimum Gasteiger partial charge on any atom is -0.371 e. The van der Waals surface area contributed by atoms with E-state index < -0.39 is 0 Å². The van der Waals surface area contributed by atoms with E-state index in [1.165, 1.54) is 25.0 Å². The van der Waals surface area contributed by atoms with E-state index in [1.807, 2.05) is 11.8 Å². The topological polar surface area (TPSA) is 21.3 Å². The summed E-state index contributed by atoms with van der Waals surface area (Å²) in [5, 5.41) is 3.46. The number of nitrogens with one attached hydrogen (secondary N) is 1. The van der Waals surface area contributed by atoms with Gasteiger partial charge in [0, 0.05) is 6.54 Å². The number of ether oxygens (including phenoxy) is 1. The summed E-state index contributed by atoms with van der Waals surface area (Å²) in [6.07, 6.45) is 6.27. The standard InChI is InChI=1S/C11H23NOS/c1-11(2)6-5-10(13-11)9-12-7-4-8-14-3/h10,12H,4-9H2,1-3H3. The van der Waals surface area contributed by atoms with Crippen molar-refractivity contribution in [3.63, 3.8) is 0 Å². The third kappa shape index (κ3) is 4.67. The van der Waals surface area contributed by atoms with Crippen molar-refractivity contribution in [2.24, 2.45) is 0 Å². The van der Waals surface area contributed by atoms with E-state index in [0.717, 1.165) is 13.1 Å². The van der Waals surface area contributed by atoms with Crippen LogP contribution in [0.25, 0.3) is 0 Å². The van der Waals surface area contributed by atoms with Crippen molar-refractivity contribution in [3.8, 4) is 0 Å². The molecule has 84 valence electrons. The van der Waals surface area contributed by atoms with E-state index in [1.54, 1.807) is 0 Å². The summed E-state index contributed by atoms with van der Waals surface area (Å²) in [6, 6.07) is 0. The predicted molar refractivity (Wildman–Crippen MR) is 64.1 cm³/mol. The van der Waals surface area contributed by atoms with Gasteiger partial charge in [0.2, 0.25) is 0 Å². The molecule has 2 nitrogen and oxygen atoms in total. The first kappa shape index (κ1) is 12.3. The average Bonchev–Trinajstić information content (AvgIpc) is 2.45. The lowest BCUT2D eigenvalue weighted by Gasteiger charge is -2.19. The Morgan fingerprint density at radius 2 is 2.29 bits per heavy atom. The third-order valence-electron chi connectivity index (χ3n) is 2.63. The fourth-order valence-electron chi connectivity index (χ4n) is 1.83. The molecule has 1 aliphatic rings. The molecule has 0 bridgehead atoms. The fourth-order valence-corrected chi connectivity index (χ4v) is 2.26. The zero-order valence-corrected chi connectivity index (χ0v) is 10.5. The highest BCUT2D eigenvalue weighted by molar-refractivity contribution is 7.98. The zero-order chi connectivity index (χ0) is 10.4. The van der Waals surface area contributed by atoms with Crippen LogP contribution in [0.2, 0.25) is 0 Å². The van der Waals surface area contributed by atoms with Crippen molar-refractivity contribution in [3.05, 3.63) is 0 Å². The Kier molecular flexibility index (Phi) is 5.28. The monoisotopic (exact) mass is 217 g/mol. The maximum atomic E-state index is 5.89. The van der Waals surface area contributed by atoms with Crippen LogP contribution in [0.15, 0.2) is 0 Å². The first-order chi connectivity index (χ1) is 6.64. The second-order valence-corrected chi connectivity index (χ2v) is 5.57. The molecule has 0 aromatic heterocycles. The van der Waals surface area contributed by atoms with Crippen molar-refractivity contribution in [1.29, 1.82) is 0 Å². The second-order valence-electron chi connectivity index (χ2n) is 4.59. The van der Waals surface area contributed by atoms with Crippen molar-refractivity contribution in [1.82, 2.24) is 5.32 Å². The Morgan fingerprint density at radius 1 is 1.50 bits per heavy atom. The first-order valence-electron chi connectivity index (χ1n) is 5.51. The highest BCUT2D eigenvalue weighted by Gasteiger charge is 2.30. The fraction of sp³-hybridized carbons (Fsp3) is 1.00. The summed E-state index contributed by atoms with van der Waals surface area (Å²) in [5.41, 5.74) is 0.117. The Bertz CT molecular complexity index is 161. The predicted octanol–water partition coefficient (Wildman–Crippen LogP) is 2.29. The van der Waals surface area contributed by atoms with E-state index >= 15 is 0 Å². The summed E-state index contributed by atoms with van der Waals surface area (Å²) < 4.78 is 5.89. The molecule has 3 heteroatoms. The van der Waals surface area contributed by atoms with Crippen molar-refractivity contribution >= 4 is 11.8 Å². The SMILES string of the molecule is CSCCCNCC1CCC(C)(C)O1. The van der Waals surface area contributed by atoms with Gasteiger partial charge in [-0.25, -0.2) is 0 Å². The normalized spacial score (nSPS) is 25.5. The molecule has 0 aliphatic carbocycles. The Labute approximate surface area is 92.2 Å².